The third kappa shape index (κ3) is 3.22. The van der Waals surface area contributed by atoms with E-state index >= 15 is 0 Å². The van der Waals surface area contributed by atoms with E-state index in [0.29, 0.717) is 11.0 Å². The van der Waals surface area contributed by atoms with Gasteiger partial charge >= 0.3 is 0 Å². The number of nitrogens with two attached hydrogens (primary N) is 1. The smallest absolute Gasteiger partial charge is 0.223 e. The Bertz CT molecular complexity index is 425. The van der Waals surface area contributed by atoms with Crippen molar-refractivity contribution in [3.63, 3.8) is 0 Å². The van der Waals surface area contributed by atoms with E-state index in [4.69, 9.17) is 17.3 Å². The summed E-state index contributed by atoms with van der Waals surface area (Å²) < 4.78 is 0. The van der Waals surface area contributed by atoms with Crippen LogP contribution in [0, 0.1) is 0 Å². The summed E-state index contributed by atoms with van der Waals surface area (Å²) in [6.45, 7) is 3.13. The Labute approximate surface area is 111 Å². The Kier molecular flexibility index (Phi) is 3.86. The number of carbonyl (C=O) groups is 1. The van der Waals surface area contributed by atoms with Crippen LogP contribution in [0.3, 0.4) is 0 Å². The summed E-state index contributed by atoms with van der Waals surface area (Å²) >= 11 is 5.81. The summed E-state index contributed by atoms with van der Waals surface area (Å²) in [6.07, 6.45) is 1.78. The number of nitrogens with zero attached hydrogens (tertiary/aromatic N) is 3. The van der Waals surface area contributed by atoms with E-state index in [1.807, 2.05) is 4.90 Å². The maximum absolute atomic E-state index is 11.2. The Morgan fingerprint density at radius 2 is 2.17 bits per heavy atom. The molecule has 2 rings (SSSR count). The molecule has 0 atom stereocenters. The van der Waals surface area contributed by atoms with Crippen molar-refractivity contribution in [2.45, 2.75) is 25.8 Å². The highest BCUT2D eigenvalue weighted by atomic mass is 35.5. The van der Waals surface area contributed by atoms with Gasteiger partial charge < -0.3 is 16.0 Å². The molecule has 1 aliphatic rings. The molecule has 2 heterocycles. The molecule has 1 amide bonds. The van der Waals surface area contributed by atoms with Crippen molar-refractivity contribution in [3.05, 3.63) is 11.2 Å². The van der Waals surface area contributed by atoms with Crippen LogP contribution < -0.4 is 11.1 Å². The largest absolute Gasteiger partial charge is 0.368 e. The van der Waals surface area contributed by atoms with Crippen molar-refractivity contribution in [1.82, 2.24) is 14.9 Å². The second-order valence-electron chi connectivity index (χ2n) is 4.36. The fourth-order valence-electron chi connectivity index (χ4n) is 2.06. The normalized spacial score (nSPS) is 16.7. The third-order valence-electron chi connectivity index (χ3n) is 3.00. The van der Waals surface area contributed by atoms with Crippen LogP contribution in [0.5, 0.6) is 0 Å². The van der Waals surface area contributed by atoms with Gasteiger partial charge in [-0.15, -0.1) is 0 Å². The lowest BCUT2D eigenvalue weighted by Gasteiger charge is -2.31. The van der Waals surface area contributed by atoms with Crippen LogP contribution in [-0.4, -0.2) is 39.9 Å². The zero-order valence-corrected chi connectivity index (χ0v) is 10.9. The Morgan fingerprint density at radius 1 is 1.50 bits per heavy atom. The number of hydrogen-bond donors (Lipinski definition) is 2. The Hall–Kier alpha value is -1.56. The maximum Gasteiger partial charge on any atom is 0.223 e. The number of halogens is 1. The number of piperidine rings is 1. The van der Waals surface area contributed by atoms with Crippen LogP contribution in [-0.2, 0) is 4.79 Å². The van der Waals surface area contributed by atoms with Crippen molar-refractivity contribution in [2.75, 3.05) is 24.1 Å². The molecule has 1 aliphatic heterocycles. The second kappa shape index (κ2) is 5.39. The molecule has 0 bridgehead atoms. The molecule has 1 saturated heterocycles. The summed E-state index contributed by atoms with van der Waals surface area (Å²) in [6, 6.07) is 1.93. The minimum Gasteiger partial charge on any atom is -0.368 e. The fraction of sp³-hybridized carbons (Fsp3) is 0.545. The lowest BCUT2D eigenvalue weighted by Crippen LogP contribution is -2.41. The van der Waals surface area contributed by atoms with Gasteiger partial charge in [-0.1, -0.05) is 11.6 Å². The van der Waals surface area contributed by atoms with Crippen molar-refractivity contribution >= 4 is 29.3 Å². The van der Waals surface area contributed by atoms with Gasteiger partial charge in [0.05, 0.1) is 0 Å². The minimum atomic E-state index is 0.128. The quantitative estimate of drug-likeness (QED) is 0.787. The number of likely N-dealkylation sites (tertiary alicyclic amines) is 1. The number of anilines is 2. The van der Waals surface area contributed by atoms with Gasteiger partial charge in [-0.3, -0.25) is 4.79 Å². The minimum absolute atomic E-state index is 0.128. The molecule has 3 N–H and O–H groups in total. The maximum atomic E-state index is 11.2. The van der Waals surface area contributed by atoms with Crippen LogP contribution in [0.2, 0.25) is 5.15 Å². The molecule has 7 heteroatoms. The first kappa shape index (κ1) is 12.9. The first-order valence-electron chi connectivity index (χ1n) is 5.86. The summed E-state index contributed by atoms with van der Waals surface area (Å²) in [5.74, 6) is 0.919. The SMILES string of the molecule is CC(=O)N1CCC(Nc2cc(Cl)nc(N)n2)CC1. The standard InChI is InChI=1S/C11H16ClN5O/c1-7(18)17-4-2-8(3-5-17)14-10-6-9(12)15-11(13)16-10/h6,8H,2-5H2,1H3,(H3,13,14,15,16). The van der Waals surface area contributed by atoms with E-state index < -0.39 is 0 Å². The molecule has 0 aliphatic carbocycles. The summed E-state index contributed by atoms with van der Waals surface area (Å²) in [4.78, 5) is 20.9. The van der Waals surface area contributed by atoms with Crippen LogP contribution >= 0.6 is 11.6 Å². The Morgan fingerprint density at radius 3 is 2.72 bits per heavy atom. The lowest BCUT2D eigenvalue weighted by atomic mass is 10.1. The Balaban J connectivity index is 1.93. The molecule has 0 saturated carbocycles. The lowest BCUT2D eigenvalue weighted by molar-refractivity contribution is -0.129. The summed E-state index contributed by atoms with van der Waals surface area (Å²) in [5, 5.41) is 3.59. The number of nitrogens with one attached hydrogen (secondary N) is 1. The van der Waals surface area contributed by atoms with Crippen molar-refractivity contribution in [3.8, 4) is 0 Å². The van der Waals surface area contributed by atoms with Crippen LogP contribution in [0.15, 0.2) is 6.07 Å². The molecule has 1 aromatic heterocycles. The number of rotatable bonds is 2. The molecule has 0 aromatic carbocycles. The van der Waals surface area contributed by atoms with Crippen LogP contribution in [0.25, 0.3) is 0 Å². The van der Waals surface area contributed by atoms with Crippen molar-refractivity contribution < 1.29 is 4.79 Å². The van der Waals surface area contributed by atoms with E-state index in [0.717, 1.165) is 25.9 Å². The van der Waals surface area contributed by atoms with E-state index in [2.05, 4.69) is 15.3 Å². The van der Waals surface area contributed by atoms with Crippen molar-refractivity contribution in [2.24, 2.45) is 0 Å². The fourth-order valence-corrected chi connectivity index (χ4v) is 2.25. The molecule has 6 nitrogen and oxygen atoms in total. The summed E-state index contributed by atoms with van der Waals surface area (Å²) in [7, 11) is 0. The topological polar surface area (TPSA) is 84.1 Å². The average Bonchev–Trinajstić information content (AvgIpc) is 2.28. The summed E-state index contributed by atoms with van der Waals surface area (Å²) in [5.41, 5.74) is 5.53. The number of nitrogen functional groups attached to an aromatic ring is 1. The zero-order valence-electron chi connectivity index (χ0n) is 10.2. The van der Waals surface area contributed by atoms with E-state index in [9.17, 15) is 4.79 Å². The van der Waals surface area contributed by atoms with Gasteiger partial charge in [0.15, 0.2) is 0 Å². The predicted molar refractivity (Wildman–Crippen MR) is 70.4 cm³/mol. The van der Waals surface area contributed by atoms with Gasteiger partial charge in [0.1, 0.15) is 11.0 Å². The molecule has 1 aromatic rings. The van der Waals surface area contributed by atoms with Crippen LogP contribution in [0.4, 0.5) is 11.8 Å². The molecule has 1 fully saturated rings. The monoisotopic (exact) mass is 269 g/mol. The number of hydrogen-bond acceptors (Lipinski definition) is 5. The predicted octanol–water partition coefficient (Wildman–Crippen LogP) is 1.14. The molecule has 18 heavy (non-hydrogen) atoms. The average molecular weight is 270 g/mol. The number of amides is 1. The van der Waals surface area contributed by atoms with Crippen molar-refractivity contribution in [1.29, 1.82) is 0 Å². The molecule has 0 radical (unpaired) electrons. The molecular weight excluding hydrogens is 254 g/mol. The van der Waals surface area contributed by atoms with Gasteiger partial charge in [0, 0.05) is 32.1 Å². The first-order valence-corrected chi connectivity index (χ1v) is 6.24. The third-order valence-corrected chi connectivity index (χ3v) is 3.20. The molecule has 0 unspecified atom stereocenters. The highest BCUT2D eigenvalue weighted by Crippen LogP contribution is 2.18. The van der Waals surface area contributed by atoms with Gasteiger partial charge in [-0.25, -0.2) is 4.98 Å². The number of carbonyl (C=O) groups excluding carboxylic acids is 1. The van der Waals surface area contributed by atoms with E-state index in [1.54, 1.807) is 13.0 Å². The highest BCUT2D eigenvalue weighted by molar-refractivity contribution is 6.29. The molecule has 98 valence electrons. The molecule has 0 spiro atoms. The van der Waals surface area contributed by atoms with E-state index in [1.165, 1.54) is 0 Å². The first-order chi connectivity index (χ1) is 8.54. The van der Waals surface area contributed by atoms with E-state index in [-0.39, 0.29) is 17.9 Å². The van der Waals surface area contributed by atoms with Crippen LogP contribution in [0.1, 0.15) is 19.8 Å². The number of aromatic nitrogens is 2. The van der Waals surface area contributed by atoms with Gasteiger partial charge in [0.25, 0.3) is 0 Å². The van der Waals surface area contributed by atoms with Gasteiger partial charge in [-0.05, 0) is 12.8 Å². The highest BCUT2D eigenvalue weighted by Gasteiger charge is 2.20. The second-order valence-corrected chi connectivity index (χ2v) is 4.75. The zero-order chi connectivity index (χ0) is 13.1. The van der Waals surface area contributed by atoms with Gasteiger partial charge in [-0.2, -0.15) is 4.98 Å². The van der Waals surface area contributed by atoms with Gasteiger partial charge in [0.2, 0.25) is 11.9 Å². The molecular formula is C11H16ClN5O.